The van der Waals surface area contributed by atoms with Gasteiger partial charge in [0, 0.05) is 5.57 Å². The fraction of sp³-hybridized carbons (Fsp3) is 0.438. The summed E-state index contributed by atoms with van der Waals surface area (Å²) in [7, 11) is 1.39. The molecule has 1 aromatic carbocycles. The van der Waals surface area contributed by atoms with Crippen LogP contribution in [-0.2, 0) is 9.53 Å². The van der Waals surface area contributed by atoms with E-state index in [1.54, 1.807) is 6.08 Å². The third-order valence-corrected chi connectivity index (χ3v) is 3.16. The summed E-state index contributed by atoms with van der Waals surface area (Å²) in [6.07, 6.45) is 2.42. The van der Waals surface area contributed by atoms with Crippen molar-refractivity contribution in [2.75, 3.05) is 13.7 Å². The zero-order valence-electron chi connectivity index (χ0n) is 12.4. The van der Waals surface area contributed by atoms with Crippen molar-refractivity contribution in [1.82, 2.24) is 0 Å². The Morgan fingerprint density at radius 1 is 1.26 bits per heavy atom. The highest BCUT2D eigenvalue weighted by molar-refractivity contribution is 5.88. The van der Waals surface area contributed by atoms with Crippen LogP contribution in [0.4, 0.5) is 0 Å². The first-order chi connectivity index (χ1) is 8.99. The van der Waals surface area contributed by atoms with Crippen molar-refractivity contribution >= 4 is 5.97 Å². The van der Waals surface area contributed by atoms with Crippen molar-refractivity contribution in [3.05, 3.63) is 40.5 Å². The minimum absolute atomic E-state index is 0.289. The molecule has 0 unspecified atom stereocenters. The van der Waals surface area contributed by atoms with Gasteiger partial charge < -0.3 is 9.47 Å². The van der Waals surface area contributed by atoms with Gasteiger partial charge in [0.1, 0.15) is 12.4 Å². The quantitative estimate of drug-likeness (QED) is 0.602. The van der Waals surface area contributed by atoms with Crippen LogP contribution in [0, 0.1) is 20.8 Å². The van der Waals surface area contributed by atoms with Gasteiger partial charge in [-0.1, -0.05) is 13.0 Å². The summed E-state index contributed by atoms with van der Waals surface area (Å²) in [6, 6.07) is 4.14. The van der Waals surface area contributed by atoms with Gasteiger partial charge in [-0.2, -0.15) is 0 Å². The number of carbonyl (C=O) groups is 1. The smallest absolute Gasteiger partial charge is 0.333 e. The average molecular weight is 262 g/mol. The van der Waals surface area contributed by atoms with Gasteiger partial charge in [0.05, 0.1) is 7.11 Å². The normalized spacial score (nSPS) is 11.3. The SMILES string of the molecule is CCC(=CCOc1cc(C)cc(C)c1C)C(=O)OC. The molecule has 0 bridgehead atoms. The number of methoxy groups -OCH3 is 1. The summed E-state index contributed by atoms with van der Waals surface area (Å²) in [4.78, 5) is 11.4. The number of hydrogen-bond donors (Lipinski definition) is 0. The van der Waals surface area contributed by atoms with Crippen LogP contribution in [0.1, 0.15) is 30.0 Å². The van der Waals surface area contributed by atoms with Crippen LogP contribution in [0.3, 0.4) is 0 Å². The molecule has 0 saturated carbocycles. The number of esters is 1. The molecule has 0 amide bonds. The van der Waals surface area contributed by atoms with E-state index in [0.29, 0.717) is 18.6 Å². The van der Waals surface area contributed by atoms with E-state index in [0.717, 1.165) is 11.3 Å². The van der Waals surface area contributed by atoms with E-state index in [1.165, 1.54) is 18.2 Å². The molecule has 1 aromatic rings. The van der Waals surface area contributed by atoms with Crippen LogP contribution in [0.5, 0.6) is 5.75 Å². The molecule has 19 heavy (non-hydrogen) atoms. The van der Waals surface area contributed by atoms with Crippen LogP contribution >= 0.6 is 0 Å². The molecule has 104 valence electrons. The van der Waals surface area contributed by atoms with E-state index >= 15 is 0 Å². The third-order valence-electron chi connectivity index (χ3n) is 3.16. The Hall–Kier alpha value is -1.77. The van der Waals surface area contributed by atoms with E-state index in [1.807, 2.05) is 26.8 Å². The predicted octanol–water partition coefficient (Wildman–Crippen LogP) is 3.50. The molecular weight excluding hydrogens is 240 g/mol. The number of benzene rings is 1. The second-order valence-electron chi connectivity index (χ2n) is 4.59. The molecule has 3 heteroatoms. The summed E-state index contributed by atoms with van der Waals surface area (Å²) in [5.41, 5.74) is 4.16. The molecule has 0 atom stereocenters. The number of aryl methyl sites for hydroxylation is 2. The lowest BCUT2D eigenvalue weighted by atomic mass is 10.1. The van der Waals surface area contributed by atoms with Crippen molar-refractivity contribution in [1.29, 1.82) is 0 Å². The maximum absolute atomic E-state index is 11.4. The summed E-state index contributed by atoms with van der Waals surface area (Å²) >= 11 is 0. The van der Waals surface area contributed by atoms with Crippen LogP contribution < -0.4 is 4.74 Å². The molecule has 0 radical (unpaired) electrons. The van der Waals surface area contributed by atoms with Crippen LogP contribution in [-0.4, -0.2) is 19.7 Å². The van der Waals surface area contributed by atoms with Gasteiger partial charge in [-0.05, 0) is 56.0 Å². The lowest BCUT2D eigenvalue weighted by molar-refractivity contribution is -0.136. The summed E-state index contributed by atoms with van der Waals surface area (Å²) in [5, 5.41) is 0. The molecule has 0 aromatic heterocycles. The Balaban J connectivity index is 2.77. The zero-order chi connectivity index (χ0) is 14.4. The van der Waals surface area contributed by atoms with Gasteiger partial charge in [0.2, 0.25) is 0 Å². The molecule has 0 aliphatic carbocycles. The summed E-state index contributed by atoms with van der Waals surface area (Å²) in [5.74, 6) is 0.581. The second-order valence-corrected chi connectivity index (χ2v) is 4.59. The van der Waals surface area contributed by atoms with Crippen molar-refractivity contribution in [3.8, 4) is 5.75 Å². The second kappa shape index (κ2) is 6.98. The van der Waals surface area contributed by atoms with Crippen molar-refractivity contribution < 1.29 is 14.3 Å². The molecule has 0 heterocycles. The molecule has 1 rings (SSSR count). The van der Waals surface area contributed by atoms with Crippen LogP contribution in [0.15, 0.2) is 23.8 Å². The highest BCUT2D eigenvalue weighted by Gasteiger charge is 2.07. The molecule has 0 fully saturated rings. The summed E-state index contributed by atoms with van der Waals surface area (Å²) < 4.78 is 10.4. The Morgan fingerprint density at radius 2 is 1.95 bits per heavy atom. The molecule has 3 nitrogen and oxygen atoms in total. The van der Waals surface area contributed by atoms with E-state index in [4.69, 9.17) is 9.47 Å². The average Bonchev–Trinajstić information content (AvgIpc) is 2.39. The van der Waals surface area contributed by atoms with Crippen molar-refractivity contribution in [3.63, 3.8) is 0 Å². The lowest BCUT2D eigenvalue weighted by Crippen LogP contribution is -2.06. The van der Waals surface area contributed by atoms with Gasteiger partial charge in [-0.25, -0.2) is 4.79 Å². The van der Waals surface area contributed by atoms with E-state index in [-0.39, 0.29) is 5.97 Å². The number of ether oxygens (including phenoxy) is 2. The third kappa shape index (κ3) is 4.12. The van der Waals surface area contributed by atoms with Crippen LogP contribution in [0.2, 0.25) is 0 Å². The Bertz CT molecular complexity index is 487. The Morgan fingerprint density at radius 3 is 2.53 bits per heavy atom. The van der Waals surface area contributed by atoms with Gasteiger partial charge in [0.15, 0.2) is 0 Å². The number of rotatable bonds is 5. The summed E-state index contributed by atoms with van der Waals surface area (Å²) in [6.45, 7) is 8.44. The minimum Gasteiger partial charge on any atom is -0.489 e. The first kappa shape index (κ1) is 15.3. The van der Waals surface area contributed by atoms with Gasteiger partial charge >= 0.3 is 5.97 Å². The number of hydrogen-bond acceptors (Lipinski definition) is 3. The fourth-order valence-electron chi connectivity index (χ4n) is 1.89. The molecular formula is C16H22O3. The maximum atomic E-state index is 11.4. The molecule has 0 spiro atoms. The Labute approximate surface area is 115 Å². The monoisotopic (exact) mass is 262 g/mol. The number of carbonyl (C=O) groups excluding carboxylic acids is 1. The predicted molar refractivity (Wildman–Crippen MR) is 76.5 cm³/mol. The largest absolute Gasteiger partial charge is 0.489 e. The van der Waals surface area contributed by atoms with Crippen LogP contribution in [0.25, 0.3) is 0 Å². The molecule has 0 aliphatic rings. The fourth-order valence-corrected chi connectivity index (χ4v) is 1.89. The Kier molecular flexibility index (Phi) is 5.61. The van der Waals surface area contributed by atoms with Gasteiger partial charge in [-0.3, -0.25) is 0 Å². The van der Waals surface area contributed by atoms with E-state index in [9.17, 15) is 4.79 Å². The van der Waals surface area contributed by atoms with Gasteiger partial charge in [-0.15, -0.1) is 0 Å². The maximum Gasteiger partial charge on any atom is 0.333 e. The molecule has 0 aliphatic heterocycles. The van der Waals surface area contributed by atoms with E-state index in [2.05, 4.69) is 13.0 Å². The van der Waals surface area contributed by atoms with Gasteiger partial charge in [0.25, 0.3) is 0 Å². The minimum atomic E-state index is -0.289. The lowest BCUT2D eigenvalue weighted by Gasteiger charge is -2.11. The molecule has 0 saturated heterocycles. The first-order valence-electron chi connectivity index (χ1n) is 6.47. The van der Waals surface area contributed by atoms with Crippen molar-refractivity contribution in [2.24, 2.45) is 0 Å². The van der Waals surface area contributed by atoms with E-state index < -0.39 is 0 Å². The standard InChI is InChI=1S/C16H22O3/c1-6-14(16(17)18-5)7-8-19-15-10-11(2)9-12(3)13(15)4/h7,9-10H,6,8H2,1-5H3. The highest BCUT2D eigenvalue weighted by Crippen LogP contribution is 2.23. The molecule has 0 N–H and O–H groups in total. The zero-order valence-corrected chi connectivity index (χ0v) is 12.4. The highest BCUT2D eigenvalue weighted by atomic mass is 16.5. The van der Waals surface area contributed by atoms with Crippen molar-refractivity contribution in [2.45, 2.75) is 34.1 Å². The first-order valence-corrected chi connectivity index (χ1v) is 6.47. The topological polar surface area (TPSA) is 35.5 Å².